The molecular weight excluding hydrogens is 226 g/mol. The van der Waals surface area contributed by atoms with Crippen molar-refractivity contribution in [2.24, 2.45) is 5.92 Å². The fourth-order valence-electron chi connectivity index (χ4n) is 1.56. The fraction of sp³-hybridized carbons (Fsp3) is 0.533. The van der Waals surface area contributed by atoms with Crippen molar-refractivity contribution in [2.75, 3.05) is 6.61 Å². The maximum absolute atomic E-state index is 12.0. The first kappa shape index (κ1) is 14.6. The smallest absolute Gasteiger partial charge is 0.251 e. The van der Waals surface area contributed by atoms with E-state index in [9.17, 15) is 4.79 Å². The predicted octanol–water partition coefficient (Wildman–Crippen LogP) is 3.17. The second-order valence-electron chi connectivity index (χ2n) is 4.92. The Hall–Kier alpha value is -1.51. The zero-order valence-electron chi connectivity index (χ0n) is 11.9. The van der Waals surface area contributed by atoms with E-state index < -0.39 is 0 Å². The van der Waals surface area contributed by atoms with Crippen LogP contribution in [0.2, 0.25) is 0 Å². The highest BCUT2D eigenvalue weighted by Gasteiger charge is 2.13. The van der Waals surface area contributed by atoms with Crippen molar-refractivity contribution < 1.29 is 9.53 Å². The summed E-state index contributed by atoms with van der Waals surface area (Å²) in [7, 11) is 0. The van der Waals surface area contributed by atoms with E-state index in [1.807, 2.05) is 32.9 Å². The molecule has 3 nitrogen and oxygen atoms in total. The van der Waals surface area contributed by atoms with E-state index in [1.54, 1.807) is 6.07 Å². The van der Waals surface area contributed by atoms with Gasteiger partial charge in [-0.05, 0) is 50.5 Å². The molecule has 0 spiro atoms. The zero-order valence-corrected chi connectivity index (χ0v) is 11.9. The first-order valence-electron chi connectivity index (χ1n) is 6.50. The molecule has 0 aromatic heterocycles. The topological polar surface area (TPSA) is 38.3 Å². The third kappa shape index (κ3) is 3.76. The Morgan fingerprint density at radius 3 is 2.50 bits per heavy atom. The number of nitrogens with one attached hydrogen (secondary N) is 1. The van der Waals surface area contributed by atoms with Gasteiger partial charge in [0.15, 0.2) is 0 Å². The molecular formula is C15H23NO2. The van der Waals surface area contributed by atoms with E-state index in [2.05, 4.69) is 19.2 Å². The third-order valence-corrected chi connectivity index (χ3v) is 3.10. The van der Waals surface area contributed by atoms with Crippen LogP contribution in [0, 0.1) is 12.8 Å². The first-order chi connectivity index (χ1) is 8.45. The largest absolute Gasteiger partial charge is 0.494 e. The summed E-state index contributed by atoms with van der Waals surface area (Å²) in [6.07, 6.45) is 0. The van der Waals surface area contributed by atoms with Gasteiger partial charge in [-0.3, -0.25) is 4.79 Å². The second kappa shape index (κ2) is 6.43. The number of carbonyl (C=O) groups is 1. The lowest BCUT2D eigenvalue weighted by atomic mass is 10.1. The standard InChI is InChI=1S/C15H23NO2/c1-6-18-14-8-7-13(9-11(14)4)15(17)16-12(5)10(2)3/h7-10,12H,6H2,1-5H3,(H,16,17). The van der Waals surface area contributed by atoms with Gasteiger partial charge in [-0.1, -0.05) is 13.8 Å². The molecule has 18 heavy (non-hydrogen) atoms. The molecule has 0 aliphatic heterocycles. The van der Waals surface area contributed by atoms with Gasteiger partial charge in [-0.2, -0.15) is 0 Å². The molecule has 0 saturated heterocycles. The summed E-state index contributed by atoms with van der Waals surface area (Å²) in [5.41, 5.74) is 1.67. The minimum atomic E-state index is -0.0256. The molecule has 0 fully saturated rings. The Morgan fingerprint density at radius 2 is 2.00 bits per heavy atom. The van der Waals surface area contributed by atoms with E-state index >= 15 is 0 Å². The van der Waals surface area contributed by atoms with Crippen LogP contribution in [0.1, 0.15) is 43.6 Å². The van der Waals surface area contributed by atoms with Gasteiger partial charge < -0.3 is 10.1 Å². The second-order valence-corrected chi connectivity index (χ2v) is 4.92. The Labute approximate surface area is 110 Å². The highest BCUT2D eigenvalue weighted by Crippen LogP contribution is 2.19. The van der Waals surface area contributed by atoms with Crippen LogP contribution in [0.25, 0.3) is 0 Å². The predicted molar refractivity (Wildman–Crippen MR) is 74.1 cm³/mol. The Kier molecular flexibility index (Phi) is 5.20. The van der Waals surface area contributed by atoms with Gasteiger partial charge in [-0.15, -0.1) is 0 Å². The highest BCUT2D eigenvalue weighted by molar-refractivity contribution is 5.94. The van der Waals surface area contributed by atoms with Gasteiger partial charge in [0, 0.05) is 11.6 Å². The monoisotopic (exact) mass is 249 g/mol. The molecule has 0 radical (unpaired) electrons. The van der Waals surface area contributed by atoms with E-state index in [-0.39, 0.29) is 11.9 Å². The number of ether oxygens (including phenoxy) is 1. The van der Waals surface area contributed by atoms with Crippen molar-refractivity contribution in [3.63, 3.8) is 0 Å². The van der Waals surface area contributed by atoms with Crippen molar-refractivity contribution in [3.8, 4) is 5.75 Å². The summed E-state index contributed by atoms with van der Waals surface area (Å²) in [5, 5.41) is 2.99. The van der Waals surface area contributed by atoms with Gasteiger partial charge >= 0.3 is 0 Å². The summed E-state index contributed by atoms with van der Waals surface area (Å²) < 4.78 is 5.46. The SMILES string of the molecule is CCOc1ccc(C(=O)NC(C)C(C)C)cc1C. The van der Waals surface area contributed by atoms with Crippen molar-refractivity contribution in [2.45, 2.75) is 40.7 Å². The number of hydrogen-bond acceptors (Lipinski definition) is 2. The molecule has 0 bridgehead atoms. The van der Waals surface area contributed by atoms with Crippen LogP contribution in [0.15, 0.2) is 18.2 Å². The molecule has 1 N–H and O–H groups in total. The highest BCUT2D eigenvalue weighted by atomic mass is 16.5. The summed E-state index contributed by atoms with van der Waals surface area (Å²) in [6.45, 7) is 10.7. The normalized spacial score (nSPS) is 12.3. The maximum Gasteiger partial charge on any atom is 0.251 e. The van der Waals surface area contributed by atoms with Crippen LogP contribution in [-0.4, -0.2) is 18.6 Å². The van der Waals surface area contributed by atoms with Gasteiger partial charge in [0.25, 0.3) is 5.91 Å². The molecule has 0 saturated carbocycles. The lowest BCUT2D eigenvalue weighted by Gasteiger charge is -2.17. The Morgan fingerprint density at radius 1 is 1.33 bits per heavy atom. The first-order valence-corrected chi connectivity index (χ1v) is 6.50. The number of hydrogen-bond donors (Lipinski definition) is 1. The summed E-state index contributed by atoms with van der Waals surface area (Å²) in [6, 6.07) is 5.70. The molecule has 100 valence electrons. The molecule has 1 atom stereocenters. The third-order valence-electron chi connectivity index (χ3n) is 3.10. The summed E-state index contributed by atoms with van der Waals surface area (Å²) in [5.74, 6) is 1.24. The van der Waals surface area contributed by atoms with E-state index in [4.69, 9.17) is 4.74 Å². The van der Waals surface area contributed by atoms with Crippen LogP contribution in [0.5, 0.6) is 5.75 Å². The van der Waals surface area contributed by atoms with Crippen molar-refractivity contribution in [3.05, 3.63) is 29.3 Å². The van der Waals surface area contributed by atoms with Gasteiger partial charge in [0.2, 0.25) is 0 Å². The average molecular weight is 249 g/mol. The van der Waals surface area contributed by atoms with Crippen molar-refractivity contribution in [1.82, 2.24) is 5.32 Å². The minimum absolute atomic E-state index is 0.0256. The summed E-state index contributed by atoms with van der Waals surface area (Å²) in [4.78, 5) is 12.0. The molecule has 0 aliphatic carbocycles. The molecule has 1 rings (SSSR count). The van der Waals surface area contributed by atoms with E-state index in [0.29, 0.717) is 18.1 Å². The molecule has 0 heterocycles. The van der Waals surface area contributed by atoms with Crippen LogP contribution < -0.4 is 10.1 Å². The Bertz CT molecular complexity index is 413. The van der Waals surface area contributed by atoms with Crippen LogP contribution in [0.3, 0.4) is 0 Å². The fourth-order valence-corrected chi connectivity index (χ4v) is 1.56. The number of amides is 1. The molecule has 0 aliphatic rings. The molecule has 1 unspecified atom stereocenters. The lowest BCUT2D eigenvalue weighted by molar-refractivity contribution is 0.0930. The van der Waals surface area contributed by atoms with E-state index in [0.717, 1.165) is 11.3 Å². The van der Waals surface area contributed by atoms with Gasteiger partial charge in [0.05, 0.1) is 6.61 Å². The van der Waals surface area contributed by atoms with E-state index in [1.165, 1.54) is 0 Å². The molecule has 1 aromatic carbocycles. The molecule has 3 heteroatoms. The maximum atomic E-state index is 12.0. The molecule has 1 amide bonds. The lowest BCUT2D eigenvalue weighted by Crippen LogP contribution is -2.36. The van der Waals surface area contributed by atoms with Gasteiger partial charge in [0.1, 0.15) is 5.75 Å². The number of rotatable bonds is 5. The minimum Gasteiger partial charge on any atom is -0.494 e. The quantitative estimate of drug-likeness (QED) is 0.870. The van der Waals surface area contributed by atoms with Crippen LogP contribution in [0.4, 0.5) is 0 Å². The van der Waals surface area contributed by atoms with Crippen molar-refractivity contribution in [1.29, 1.82) is 0 Å². The molecule has 1 aromatic rings. The van der Waals surface area contributed by atoms with Crippen LogP contribution in [-0.2, 0) is 0 Å². The number of carbonyl (C=O) groups excluding carboxylic acids is 1. The zero-order chi connectivity index (χ0) is 13.7. The van der Waals surface area contributed by atoms with Crippen LogP contribution >= 0.6 is 0 Å². The van der Waals surface area contributed by atoms with Crippen molar-refractivity contribution >= 4 is 5.91 Å². The average Bonchev–Trinajstić information content (AvgIpc) is 2.31. The Balaban J connectivity index is 2.78. The number of benzene rings is 1. The number of aryl methyl sites for hydroxylation is 1. The summed E-state index contributed by atoms with van der Waals surface area (Å²) >= 11 is 0. The van der Waals surface area contributed by atoms with Gasteiger partial charge in [-0.25, -0.2) is 0 Å².